The minimum atomic E-state index is -0.0944. The topological polar surface area (TPSA) is 52.9 Å². The molecule has 1 aliphatic carbocycles. The number of hydrogen-bond donors (Lipinski definition) is 1. The number of nitrogens with one attached hydrogen (secondary N) is 1. The molecule has 1 N–H and O–H groups in total. The summed E-state index contributed by atoms with van der Waals surface area (Å²) in [6.07, 6.45) is 7.00. The van der Waals surface area contributed by atoms with E-state index in [1.165, 1.54) is 17.7 Å². The number of aryl methyl sites for hydroxylation is 1. The van der Waals surface area contributed by atoms with Gasteiger partial charge in [-0.1, -0.05) is 36.6 Å². The highest BCUT2D eigenvalue weighted by Crippen LogP contribution is 2.36. The van der Waals surface area contributed by atoms with Gasteiger partial charge >= 0.3 is 0 Å². The van der Waals surface area contributed by atoms with Crippen LogP contribution in [-0.2, 0) is 24.1 Å². The molecule has 1 aromatic carbocycles. The highest BCUT2D eigenvalue weighted by atomic mass is 35.5. The predicted molar refractivity (Wildman–Crippen MR) is 98.7 cm³/mol. The van der Waals surface area contributed by atoms with E-state index in [-0.39, 0.29) is 12.3 Å². The number of nitrogens with zero attached hydrogens (tertiary/aromatic N) is 1. The number of carbonyl (C=O) groups is 1. The fraction of sp³-hybridized carbons (Fsp3) is 0.368. The molecule has 0 atom stereocenters. The summed E-state index contributed by atoms with van der Waals surface area (Å²) in [5.74, 6) is -0.0944. The van der Waals surface area contributed by atoms with Crippen molar-refractivity contribution in [2.24, 2.45) is 0 Å². The Morgan fingerprint density at radius 3 is 2.58 bits per heavy atom. The zero-order chi connectivity index (χ0) is 16.9. The average Bonchev–Trinajstić information content (AvgIpc) is 2.85. The zero-order valence-corrected chi connectivity index (χ0v) is 15.0. The number of benzene rings is 1. The molecule has 1 aliphatic rings. The van der Waals surface area contributed by atoms with Crippen LogP contribution in [0.1, 0.15) is 47.3 Å². The molecule has 0 aliphatic heterocycles. The molecule has 0 bridgehead atoms. The molecular formula is C19H19ClN2OS. The largest absolute Gasteiger partial charge is 0.316 e. The number of thiophene rings is 1. The number of fused-ring (bicyclic) bond motifs is 1. The molecule has 3 nitrogen and oxygen atoms in total. The Kier molecular flexibility index (Phi) is 5.55. The third kappa shape index (κ3) is 3.98. The summed E-state index contributed by atoms with van der Waals surface area (Å²) in [7, 11) is 0. The summed E-state index contributed by atoms with van der Waals surface area (Å²) in [6, 6.07) is 9.56. The van der Waals surface area contributed by atoms with Crippen LogP contribution < -0.4 is 5.32 Å². The van der Waals surface area contributed by atoms with E-state index in [1.54, 1.807) is 23.5 Å². The molecule has 1 heterocycles. The van der Waals surface area contributed by atoms with Crippen LogP contribution in [0.25, 0.3) is 0 Å². The Balaban J connectivity index is 1.76. The molecule has 0 radical (unpaired) electrons. The summed E-state index contributed by atoms with van der Waals surface area (Å²) in [6.45, 7) is 0. The normalized spacial score (nSPS) is 14.2. The zero-order valence-electron chi connectivity index (χ0n) is 13.4. The van der Waals surface area contributed by atoms with E-state index >= 15 is 0 Å². The molecule has 124 valence electrons. The van der Waals surface area contributed by atoms with Crippen molar-refractivity contribution >= 4 is 33.8 Å². The van der Waals surface area contributed by atoms with Crippen molar-refractivity contribution in [1.82, 2.24) is 0 Å². The van der Waals surface area contributed by atoms with Crippen LogP contribution in [0.3, 0.4) is 0 Å². The van der Waals surface area contributed by atoms with Gasteiger partial charge in [0.2, 0.25) is 5.91 Å². The smallest absolute Gasteiger partial charge is 0.229 e. The number of amides is 1. The van der Waals surface area contributed by atoms with Crippen LogP contribution in [0.5, 0.6) is 0 Å². The van der Waals surface area contributed by atoms with Gasteiger partial charge in [-0.05, 0) is 48.9 Å². The third-order valence-corrected chi connectivity index (χ3v) is 5.77. The summed E-state index contributed by atoms with van der Waals surface area (Å²) >= 11 is 7.44. The first-order valence-electron chi connectivity index (χ1n) is 8.26. The van der Waals surface area contributed by atoms with Crippen LogP contribution in [-0.4, -0.2) is 5.91 Å². The van der Waals surface area contributed by atoms with Gasteiger partial charge in [0.1, 0.15) is 11.1 Å². The van der Waals surface area contributed by atoms with Crippen LogP contribution in [0.4, 0.5) is 5.00 Å². The Labute approximate surface area is 151 Å². The Hall–Kier alpha value is -1.83. The molecule has 1 aromatic heterocycles. The molecule has 24 heavy (non-hydrogen) atoms. The molecule has 0 spiro atoms. The van der Waals surface area contributed by atoms with Crippen molar-refractivity contribution in [1.29, 1.82) is 5.26 Å². The highest BCUT2D eigenvalue weighted by Gasteiger charge is 2.20. The maximum atomic E-state index is 12.3. The number of anilines is 1. The number of rotatable bonds is 3. The average molecular weight is 359 g/mol. The number of nitriles is 1. The Bertz CT molecular complexity index is 774. The van der Waals surface area contributed by atoms with Crippen LogP contribution in [0.15, 0.2) is 24.3 Å². The van der Waals surface area contributed by atoms with E-state index in [2.05, 4.69) is 11.4 Å². The minimum absolute atomic E-state index is 0.0944. The molecule has 1 amide bonds. The lowest BCUT2D eigenvalue weighted by molar-refractivity contribution is -0.115. The van der Waals surface area contributed by atoms with Gasteiger partial charge in [-0.25, -0.2) is 0 Å². The Morgan fingerprint density at radius 2 is 1.88 bits per heavy atom. The molecule has 0 unspecified atom stereocenters. The third-order valence-electron chi connectivity index (χ3n) is 4.31. The van der Waals surface area contributed by atoms with Crippen LogP contribution >= 0.6 is 22.9 Å². The lowest BCUT2D eigenvalue weighted by Crippen LogP contribution is -2.14. The summed E-state index contributed by atoms with van der Waals surface area (Å²) in [5, 5.41) is 13.9. The monoisotopic (exact) mass is 358 g/mol. The predicted octanol–water partition coefficient (Wildman–Crippen LogP) is 5.11. The SMILES string of the molecule is N#Cc1c(NC(=O)Cc2ccc(Cl)cc2)sc2c1CCCCCC2. The number of hydrogen-bond acceptors (Lipinski definition) is 3. The first-order valence-corrected chi connectivity index (χ1v) is 9.46. The standard InChI is InChI=1S/C19H19ClN2OS/c20-14-9-7-13(8-10-14)11-18(23)22-19-16(12-21)15-5-3-1-2-4-6-17(15)24-19/h7-10H,1-6,11H2,(H,22,23). The van der Waals surface area contributed by atoms with E-state index in [9.17, 15) is 10.1 Å². The van der Waals surface area contributed by atoms with E-state index < -0.39 is 0 Å². The maximum Gasteiger partial charge on any atom is 0.229 e. The number of halogens is 1. The van der Waals surface area contributed by atoms with Gasteiger partial charge < -0.3 is 5.32 Å². The van der Waals surface area contributed by atoms with Gasteiger partial charge in [0.15, 0.2) is 0 Å². The van der Waals surface area contributed by atoms with Crippen molar-refractivity contribution in [3.8, 4) is 6.07 Å². The Morgan fingerprint density at radius 1 is 1.17 bits per heavy atom. The van der Waals surface area contributed by atoms with E-state index in [0.717, 1.165) is 36.8 Å². The van der Waals surface area contributed by atoms with Gasteiger partial charge in [0, 0.05) is 9.90 Å². The van der Waals surface area contributed by atoms with Gasteiger partial charge in [0.05, 0.1) is 12.0 Å². The first kappa shape index (κ1) is 17.0. The second-order valence-corrected chi connectivity index (χ2v) is 7.63. The molecule has 5 heteroatoms. The van der Waals surface area contributed by atoms with Crippen molar-refractivity contribution in [2.75, 3.05) is 5.32 Å². The first-order chi connectivity index (χ1) is 11.7. The number of carbonyl (C=O) groups excluding carboxylic acids is 1. The quantitative estimate of drug-likeness (QED) is 0.828. The molecule has 0 fully saturated rings. The summed E-state index contributed by atoms with van der Waals surface area (Å²) in [5.41, 5.74) is 2.73. The van der Waals surface area contributed by atoms with Crippen molar-refractivity contribution in [2.45, 2.75) is 44.9 Å². The maximum absolute atomic E-state index is 12.3. The molecule has 2 aromatic rings. The lowest BCUT2D eigenvalue weighted by atomic mass is 9.97. The van der Waals surface area contributed by atoms with Crippen molar-refractivity contribution in [3.05, 3.63) is 50.9 Å². The second-order valence-electron chi connectivity index (χ2n) is 6.09. The minimum Gasteiger partial charge on any atom is -0.316 e. The van der Waals surface area contributed by atoms with Gasteiger partial charge in [-0.2, -0.15) is 5.26 Å². The molecule has 0 saturated heterocycles. The van der Waals surface area contributed by atoms with E-state index in [4.69, 9.17) is 11.6 Å². The molecular weight excluding hydrogens is 340 g/mol. The molecule has 0 saturated carbocycles. The fourth-order valence-corrected chi connectivity index (χ4v) is 4.47. The lowest BCUT2D eigenvalue weighted by Gasteiger charge is -2.08. The fourth-order valence-electron chi connectivity index (χ4n) is 3.08. The van der Waals surface area contributed by atoms with E-state index in [0.29, 0.717) is 15.6 Å². The van der Waals surface area contributed by atoms with Crippen molar-refractivity contribution < 1.29 is 4.79 Å². The van der Waals surface area contributed by atoms with Gasteiger partial charge in [-0.3, -0.25) is 4.79 Å². The highest BCUT2D eigenvalue weighted by molar-refractivity contribution is 7.16. The molecule has 3 rings (SSSR count). The van der Waals surface area contributed by atoms with Gasteiger partial charge in [0.25, 0.3) is 0 Å². The van der Waals surface area contributed by atoms with E-state index in [1.807, 2.05) is 12.1 Å². The van der Waals surface area contributed by atoms with Crippen molar-refractivity contribution in [3.63, 3.8) is 0 Å². The second kappa shape index (κ2) is 7.83. The summed E-state index contributed by atoms with van der Waals surface area (Å²) in [4.78, 5) is 13.6. The van der Waals surface area contributed by atoms with Crippen LogP contribution in [0, 0.1) is 11.3 Å². The van der Waals surface area contributed by atoms with Crippen LogP contribution in [0.2, 0.25) is 5.02 Å². The summed E-state index contributed by atoms with van der Waals surface area (Å²) < 4.78 is 0. The van der Waals surface area contributed by atoms with Gasteiger partial charge in [-0.15, -0.1) is 11.3 Å².